The predicted octanol–water partition coefficient (Wildman–Crippen LogP) is 6.21. The van der Waals surface area contributed by atoms with Gasteiger partial charge in [-0.3, -0.25) is 9.59 Å². The number of hydrogen-bond acceptors (Lipinski definition) is 2. The maximum absolute atomic E-state index is 11.4. The fraction of sp³-hybridized carbons (Fsp3) is 0.364. The minimum atomic E-state index is -0.499. The largest absolute Gasteiger partial charge is 0.298 e. The smallest absolute Gasteiger partial charge is 0.177 e. The van der Waals surface area contributed by atoms with Crippen molar-refractivity contribution in [3.63, 3.8) is 0 Å². The van der Waals surface area contributed by atoms with Gasteiger partial charge in [-0.15, -0.1) is 23.2 Å². The summed E-state index contributed by atoms with van der Waals surface area (Å²) in [6.07, 6.45) is 0. The van der Waals surface area contributed by atoms with Crippen LogP contribution in [0.5, 0.6) is 0 Å². The molecule has 0 heterocycles. The zero-order valence-electron chi connectivity index (χ0n) is 16.2. The van der Waals surface area contributed by atoms with Crippen LogP contribution in [0.25, 0.3) is 0 Å². The highest BCUT2D eigenvalue weighted by Gasteiger charge is 2.14. The van der Waals surface area contributed by atoms with Gasteiger partial charge in [-0.05, 0) is 75.4 Å². The molecule has 2 rings (SSSR count). The molecule has 26 heavy (non-hydrogen) atoms. The third-order valence-electron chi connectivity index (χ3n) is 4.32. The Balaban J connectivity index is 0.000000260. The predicted molar refractivity (Wildman–Crippen MR) is 111 cm³/mol. The molecule has 2 aromatic carbocycles. The lowest BCUT2D eigenvalue weighted by Gasteiger charge is -2.09. The van der Waals surface area contributed by atoms with Crippen LogP contribution >= 0.6 is 23.2 Å². The van der Waals surface area contributed by atoms with Crippen LogP contribution in [0.2, 0.25) is 0 Å². The fourth-order valence-corrected chi connectivity index (χ4v) is 3.05. The second-order valence-electron chi connectivity index (χ2n) is 6.64. The molecule has 1 unspecified atom stereocenters. The molecule has 0 fully saturated rings. The van der Waals surface area contributed by atoms with Crippen LogP contribution in [-0.4, -0.2) is 17.4 Å². The number of ketones is 2. The van der Waals surface area contributed by atoms with Crippen LogP contribution in [0.3, 0.4) is 0 Å². The molecule has 0 aliphatic carbocycles. The van der Waals surface area contributed by atoms with Crippen LogP contribution in [0.4, 0.5) is 0 Å². The van der Waals surface area contributed by atoms with E-state index in [4.69, 9.17) is 23.2 Å². The molecule has 0 amide bonds. The van der Waals surface area contributed by atoms with E-state index in [9.17, 15) is 9.59 Å². The summed E-state index contributed by atoms with van der Waals surface area (Å²) in [7, 11) is 0. The van der Waals surface area contributed by atoms with Gasteiger partial charge in [0.25, 0.3) is 0 Å². The average molecular weight is 393 g/mol. The van der Waals surface area contributed by atoms with Gasteiger partial charge in [0.05, 0.1) is 5.88 Å². The van der Waals surface area contributed by atoms with Gasteiger partial charge in [0.2, 0.25) is 0 Å². The molecule has 1 atom stereocenters. The Labute approximate surface area is 166 Å². The van der Waals surface area contributed by atoms with Gasteiger partial charge in [0, 0.05) is 5.56 Å². The van der Waals surface area contributed by atoms with Crippen LogP contribution in [0.15, 0.2) is 30.3 Å². The molecular formula is C22H26Cl2O2. The van der Waals surface area contributed by atoms with Gasteiger partial charge in [0.1, 0.15) is 5.38 Å². The Morgan fingerprint density at radius 1 is 0.885 bits per heavy atom. The first-order valence-electron chi connectivity index (χ1n) is 8.47. The van der Waals surface area contributed by atoms with E-state index in [1.165, 1.54) is 18.1 Å². The van der Waals surface area contributed by atoms with Gasteiger partial charge in [-0.1, -0.05) is 29.8 Å². The number of hydrogen-bond donors (Lipinski definition) is 0. The molecule has 0 aliphatic rings. The minimum absolute atomic E-state index is 0.00210. The summed E-state index contributed by atoms with van der Waals surface area (Å²) in [5.41, 5.74) is 7.29. The monoisotopic (exact) mass is 392 g/mol. The van der Waals surface area contributed by atoms with E-state index in [2.05, 4.69) is 0 Å². The molecule has 0 aliphatic heterocycles. The van der Waals surface area contributed by atoms with Gasteiger partial charge in [-0.25, -0.2) is 0 Å². The van der Waals surface area contributed by atoms with Crippen molar-refractivity contribution in [1.82, 2.24) is 0 Å². The van der Waals surface area contributed by atoms with Gasteiger partial charge >= 0.3 is 0 Å². The quantitative estimate of drug-likeness (QED) is 0.457. The van der Waals surface area contributed by atoms with Crippen molar-refractivity contribution >= 4 is 34.8 Å². The molecule has 0 spiro atoms. The second kappa shape index (κ2) is 9.89. The van der Waals surface area contributed by atoms with Crippen LogP contribution < -0.4 is 0 Å². The van der Waals surface area contributed by atoms with E-state index in [-0.39, 0.29) is 17.4 Å². The zero-order chi connectivity index (χ0) is 20.0. The number of alkyl halides is 2. The first-order chi connectivity index (χ1) is 12.1. The fourth-order valence-electron chi connectivity index (χ4n) is 2.66. The topological polar surface area (TPSA) is 34.1 Å². The summed E-state index contributed by atoms with van der Waals surface area (Å²) in [4.78, 5) is 22.4. The summed E-state index contributed by atoms with van der Waals surface area (Å²) >= 11 is 11.5. The van der Waals surface area contributed by atoms with Crippen LogP contribution in [0.1, 0.15) is 56.0 Å². The Morgan fingerprint density at radius 2 is 1.46 bits per heavy atom. The van der Waals surface area contributed by atoms with E-state index in [1.807, 2.05) is 65.0 Å². The number of benzene rings is 2. The van der Waals surface area contributed by atoms with Crippen molar-refractivity contribution in [3.05, 3.63) is 69.3 Å². The Bertz CT molecular complexity index is 810. The molecule has 0 N–H and O–H groups in total. The van der Waals surface area contributed by atoms with E-state index in [0.717, 1.165) is 27.8 Å². The summed E-state index contributed by atoms with van der Waals surface area (Å²) in [5, 5.41) is -0.499. The lowest BCUT2D eigenvalue weighted by atomic mass is 9.99. The zero-order valence-corrected chi connectivity index (χ0v) is 17.8. The Kier molecular flexibility index (Phi) is 8.52. The number of aryl methyl sites for hydroxylation is 5. The van der Waals surface area contributed by atoms with Gasteiger partial charge < -0.3 is 0 Å². The lowest BCUT2D eigenvalue weighted by molar-refractivity contribution is -0.116. The maximum atomic E-state index is 11.4. The van der Waals surface area contributed by atoms with Crippen LogP contribution in [0, 0.1) is 34.6 Å². The van der Waals surface area contributed by atoms with Crippen molar-refractivity contribution in [1.29, 1.82) is 0 Å². The molecule has 4 heteroatoms. The minimum Gasteiger partial charge on any atom is -0.298 e. The van der Waals surface area contributed by atoms with Crippen molar-refractivity contribution in [3.8, 4) is 0 Å². The molecule has 0 saturated heterocycles. The first-order valence-corrected chi connectivity index (χ1v) is 9.44. The summed E-state index contributed by atoms with van der Waals surface area (Å²) < 4.78 is 0. The van der Waals surface area contributed by atoms with Crippen molar-refractivity contribution < 1.29 is 9.59 Å². The second-order valence-corrected chi connectivity index (χ2v) is 7.35. The number of Topliss-reactive ketones (excluding diaryl/α,β-unsaturated/α-hetero) is 2. The van der Waals surface area contributed by atoms with Gasteiger partial charge in [0.15, 0.2) is 11.6 Å². The van der Waals surface area contributed by atoms with E-state index >= 15 is 0 Å². The SMILES string of the molecule is CC(=O)C(Cl)c1ccc(C)cc1C.Cc1cc(C)c(C(=O)CCl)cc1C. The van der Waals surface area contributed by atoms with E-state index < -0.39 is 5.38 Å². The molecule has 0 aromatic heterocycles. The molecule has 0 saturated carbocycles. The third kappa shape index (κ3) is 5.96. The van der Waals surface area contributed by atoms with E-state index in [0.29, 0.717) is 0 Å². The Morgan fingerprint density at radius 3 is 1.96 bits per heavy atom. The maximum Gasteiger partial charge on any atom is 0.177 e. The number of rotatable bonds is 4. The van der Waals surface area contributed by atoms with Gasteiger partial charge in [-0.2, -0.15) is 0 Å². The standard InChI is InChI=1S/2C11H13ClO/c1-7-4-9(3)10(5-8(7)2)11(13)6-12;1-7-4-5-10(8(2)6-7)11(12)9(3)13/h4-5H,6H2,1-3H3;4-6,11H,1-3H3. The average Bonchev–Trinajstić information content (AvgIpc) is 2.57. The summed E-state index contributed by atoms with van der Waals surface area (Å²) in [5.74, 6) is 0.0551. The highest BCUT2D eigenvalue weighted by Crippen LogP contribution is 2.25. The molecule has 2 nitrogen and oxygen atoms in total. The first kappa shape index (κ1) is 22.4. The molecule has 0 radical (unpaired) electrons. The number of carbonyl (C=O) groups excluding carboxylic acids is 2. The number of halogens is 2. The normalized spacial score (nSPS) is 11.4. The third-order valence-corrected chi connectivity index (χ3v) is 5.10. The highest BCUT2D eigenvalue weighted by molar-refractivity contribution is 6.31. The Hall–Kier alpha value is -1.64. The summed E-state index contributed by atoms with van der Waals surface area (Å²) in [6.45, 7) is 11.5. The highest BCUT2D eigenvalue weighted by atomic mass is 35.5. The lowest BCUT2D eigenvalue weighted by Crippen LogP contribution is -2.04. The number of carbonyl (C=O) groups is 2. The molecule has 140 valence electrons. The van der Waals surface area contributed by atoms with Crippen LogP contribution in [-0.2, 0) is 4.79 Å². The van der Waals surface area contributed by atoms with Crippen molar-refractivity contribution in [2.24, 2.45) is 0 Å². The van der Waals surface area contributed by atoms with Crippen molar-refractivity contribution in [2.45, 2.75) is 46.9 Å². The molecular weight excluding hydrogens is 367 g/mol. The van der Waals surface area contributed by atoms with E-state index in [1.54, 1.807) is 0 Å². The van der Waals surface area contributed by atoms with Crippen molar-refractivity contribution in [2.75, 3.05) is 5.88 Å². The summed E-state index contributed by atoms with van der Waals surface area (Å²) in [6, 6.07) is 9.86. The molecule has 2 aromatic rings. The molecule has 0 bridgehead atoms.